The number of thioether (sulfide) groups is 1. The van der Waals surface area contributed by atoms with E-state index in [2.05, 4.69) is 9.71 Å². The average molecular weight is 486 g/mol. The standard InChI is InChI=1S/C23H23N3O5S2/c1-16-7-9-18(10-8-16)33(29,30)25-20(17-5-3-2-4-6-17)11-13-31-22(28)19-15-24-23-26(21(19)27)12-14-32-23/h2-10,15,20,25H,11-14H2,1H3/t20-/m0/s1. The Labute approximate surface area is 196 Å². The Bertz CT molecular complexity index is 1310. The summed E-state index contributed by atoms with van der Waals surface area (Å²) in [6.07, 6.45) is 1.43. The van der Waals surface area contributed by atoms with Crippen LogP contribution in [0.15, 0.2) is 75.6 Å². The highest BCUT2D eigenvalue weighted by Gasteiger charge is 2.24. The summed E-state index contributed by atoms with van der Waals surface area (Å²) in [5, 5.41) is 0.589. The smallest absolute Gasteiger partial charge is 0.345 e. The molecule has 172 valence electrons. The number of sulfonamides is 1. The van der Waals surface area contributed by atoms with Gasteiger partial charge in [-0.05, 0) is 24.6 Å². The molecule has 0 radical (unpaired) electrons. The lowest BCUT2D eigenvalue weighted by Crippen LogP contribution is -2.30. The summed E-state index contributed by atoms with van der Waals surface area (Å²) in [6.45, 7) is 2.31. The third kappa shape index (κ3) is 5.35. The van der Waals surface area contributed by atoms with Gasteiger partial charge < -0.3 is 4.74 Å². The van der Waals surface area contributed by atoms with E-state index in [-0.39, 0.29) is 23.5 Å². The third-order valence-electron chi connectivity index (χ3n) is 5.25. The van der Waals surface area contributed by atoms with Gasteiger partial charge in [0, 0.05) is 24.9 Å². The van der Waals surface area contributed by atoms with Crippen molar-refractivity contribution in [2.75, 3.05) is 12.4 Å². The molecule has 0 unspecified atom stereocenters. The Morgan fingerprint density at radius 2 is 1.91 bits per heavy atom. The molecule has 8 nitrogen and oxygen atoms in total. The molecule has 2 heterocycles. The number of aryl methyl sites for hydroxylation is 1. The number of aromatic nitrogens is 2. The van der Waals surface area contributed by atoms with Crippen LogP contribution in [0.4, 0.5) is 0 Å². The second-order valence-electron chi connectivity index (χ2n) is 7.58. The van der Waals surface area contributed by atoms with Crippen molar-refractivity contribution in [3.05, 3.63) is 87.8 Å². The molecular formula is C23H23N3O5S2. The van der Waals surface area contributed by atoms with Crippen molar-refractivity contribution in [3.63, 3.8) is 0 Å². The predicted molar refractivity (Wildman–Crippen MR) is 125 cm³/mol. The lowest BCUT2D eigenvalue weighted by molar-refractivity contribution is 0.0488. The van der Waals surface area contributed by atoms with Crippen molar-refractivity contribution in [1.82, 2.24) is 14.3 Å². The van der Waals surface area contributed by atoms with Crippen molar-refractivity contribution in [2.45, 2.75) is 36.0 Å². The highest BCUT2D eigenvalue weighted by molar-refractivity contribution is 7.99. The minimum absolute atomic E-state index is 0.0786. The number of hydrogen-bond donors (Lipinski definition) is 1. The summed E-state index contributed by atoms with van der Waals surface area (Å²) in [5.41, 5.74) is 1.14. The number of carbonyl (C=O) groups excluding carboxylic acids is 1. The molecular weight excluding hydrogens is 462 g/mol. The van der Waals surface area contributed by atoms with Gasteiger partial charge in [0.25, 0.3) is 5.56 Å². The van der Waals surface area contributed by atoms with E-state index in [0.29, 0.717) is 11.7 Å². The summed E-state index contributed by atoms with van der Waals surface area (Å²) in [5.74, 6) is -0.0337. The maximum atomic E-state index is 12.9. The Morgan fingerprint density at radius 3 is 2.64 bits per heavy atom. The molecule has 0 fully saturated rings. The number of ether oxygens (including phenoxy) is 1. The van der Waals surface area contributed by atoms with E-state index in [0.717, 1.165) is 16.9 Å². The van der Waals surface area contributed by atoms with Crippen LogP contribution in [0.5, 0.6) is 0 Å². The number of hydrogen-bond acceptors (Lipinski definition) is 7. The van der Waals surface area contributed by atoms with Crippen LogP contribution in [0.3, 0.4) is 0 Å². The zero-order valence-corrected chi connectivity index (χ0v) is 19.6. The lowest BCUT2D eigenvalue weighted by atomic mass is 10.1. The number of rotatable bonds is 8. The fourth-order valence-electron chi connectivity index (χ4n) is 3.46. The Balaban J connectivity index is 1.47. The number of fused-ring (bicyclic) bond motifs is 1. The topological polar surface area (TPSA) is 107 Å². The molecule has 1 aromatic heterocycles. The van der Waals surface area contributed by atoms with Crippen molar-refractivity contribution in [3.8, 4) is 0 Å². The van der Waals surface area contributed by atoms with Crippen LogP contribution in [0, 0.1) is 6.92 Å². The normalized spacial score (nSPS) is 14.0. The van der Waals surface area contributed by atoms with E-state index in [4.69, 9.17) is 4.74 Å². The van der Waals surface area contributed by atoms with Crippen LogP contribution >= 0.6 is 11.8 Å². The van der Waals surface area contributed by atoms with E-state index in [1.165, 1.54) is 22.5 Å². The average Bonchev–Trinajstić information content (AvgIpc) is 3.29. The fraction of sp³-hybridized carbons (Fsp3) is 0.261. The van der Waals surface area contributed by atoms with Gasteiger partial charge in [-0.15, -0.1) is 0 Å². The molecule has 0 saturated heterocycles. The highest BCUT2D eigenvalue weighted by Crippen LogP contribution is 2.22. The maximum absolute atomic E-state index is 12.9. The van der Waals surface area contributed by atoms with Crippen LogP contribution in [-0.4, -0.2) is 36.3 Å². The Kier molecular flexibility index (Phi) is 6.96. The first kappa shape index (κ1) is 23.2. The summed E-state index contributed by atoms with van der Waals surface area (Å²) >= 11 is 1.46. The van der Waals surface area contributed by atoms with Crippen LogP contribution in [0.25, 0.3) is 0 Å². The molecule has 3 aromatic rings. The predicted octanol–water partition coefficient (Wildman–Crippen LogP) is 2.92. The molecule has 2 aromatic carbocycles. The van der Waals surface area contributed by atoms with Crippen molar-refractivity contribution >= 4 is 27.8 Å². The quantitative estimate of drug-likeness (QED) is 0.386. The SMILES string of the molecule is Cc1ccc(S(=O)(=O)N[C@@H](CCOC(=O)c2cnc3n(c2=O)CCS3)c2ccccc2)cc1. The van der Waals surface area contributed by atoms with Crippen molar-refractivity contribution in [2.24, 2.45) is 0 Å². The first-order chi connectivity index (χ1) is 15.8. The molecule has 0 spiro atoms. The van der Waals surface area contributed by atoms with E-state index >= 15 is 0 Å². The Morgan fingerprint density at radius 1 is 1.18 bits per heavy atom. The van der Waals surface area contributed by atoms with Gasteiger partial charge in [0.2, 0.25) is 10.0 Å². The molecule has 10 heteroatoms. The van der Waals surface area contributed by atoms with Crippen LogP contribution in [-0.2, 0) is 21.3 Å². The fourth-order valence-corrected chi connectivity index (χ4v) is 5.63. The summed E-state index contributed by atoms with van der Waals surface area (Å²) in [4.78, 5) is 29.3. The van der Waals surface area contributed by atoms with Gasteiger partial charge in [-0.2, -0.15) is 0 Å². The number of nitrogens with zero attached hydrogens (tertiary/aromatic N) is 2. The zero-order chi connectivity index (χ0) is 23.4. The molecule has 1 atom stereocenters. The van der Waals surface area contributed by atoms with E-state index in [1.807, 2.05) is 25.1 Å². The minimum atomic E-state index is -3.80. The van der Waals surface area contributed by atoms with Gasteiger partial charge in [-0.3, -0.25) is 9.36 Å². The van der Waals surface area contributed by atoms with E-state index in [1.54, 1.807) is 36.4 Å². The second kappa shape index (κ2) is 9.90. The van der Waals surface area contributed by atoms with Crippen LogP contribution in [0.2, 0.25) is 0 Å². The molecule has 33 heavy (non-hydrogen) atoms. The Hall–Kier alpha value is -2.95. The van der Waals surface area contributed by atoms with Gasteiger partial charge in [-0.25, -0.2) is 22.9 Å². The van der Waals surface area contributed by atoms with E-state index < -0.39 is 27.6 Å². The second-order valence-corrected chi connectivity index (χ2v) is 10.4. The van der Waals surface area contributed by atoms with Gasteiger partial charge in [0.05, 0.1) is 17.5 Å². The van der Waals surface area contributed by atoms with E-state index in [9.17, 15) is 18.0 Å². The lowest BCUT2D eigenvalue weighted by Gasteiger charge is -2.19. The monoisotopic (exact) mass is 485 g/mol. The largest absolute Gasteiger partial charge is 0.462 e. The molecule has 0 amide bonds. The molecule has 1 aliphatic rings. The zero-order valence-electron chi connectivity index (χ0n) is 17.9. The summed E-state index contributed by atoms with van der Waals surface area (Å²) in [6, 6.07) is 15.0. The third-order valence-corrected chi connectivity index (χ3v) is 7.71. The number of carbonyl (C=O) groups is 1. The van der Waals surface area contributed by atoms with Gasteiger partial charge in [0.15, 0.2) is 5.16 Å². The van der Waals surface area contributed by atoms with Gasteiger partial charge in [-0.1, -0.05) is 59.8 Å². The molecule has 0 aliphatic carbocycles. The first-order valence-corrected chi connectivity index (χ1v) is 12.9. The van der Waals surface area contributed by atoms with Crippen molar-refractivity contribution in [1.29, 1.82) is 0 Å². The molecule has 0 saturated carbocycles. The maximum Gasteiger partial charge on any atom is 0.345 e. The molecule has 1 aliphatic heterocycles. The minimum Gasteiger partial charge on any atom is -0.462 e. The molecule has 1 N–H and O–H groups in total. The highest BCUT2D eigenvalue weighted by atomic mass is 32.2. The number of nitrogens with one attached hydrogen (secondary N) is 1. The van der Waals surface area contributed by atoms with Crippen LogP contribution in [0.1, 0.15) is 33.9 Å². The van der Waals surface area contributed by atoms with Gasteiger partial charge in [0.1, 0.15) is 5.56 Å². The summed E-state index contributed by atoms with van der Waals surface area (Å²) < 4.78 is 35.3. The number of esters is 1. The first-order valence-electron chi connectivity index (χ1n) is 10.4. The van der Waals surface area contributed by atoms with Crippen LogP contribution < -0.4 is 10.3 Å². The molecule has 4 rings (SSSR count). The number of benzene rings is 2. The van der Waals surface area contributed by atoms with Crippen molar-refractivity contribution < 1.29 is 17.9 Å². The summed E-state index contributed by atoms with van der Waals surface area (Å²) in [7, 11) is -3.80. The van der Waals surface area contributed by atoms with Gasteiger partial charge >= 0.3 is 5.97 Å². The molecule has 0 bridgehead atoms.